The van der Waals surface area contributed by atoms with Crippen molar-refractivity contribution in [3.8, 4) is 0 Å². The van der Waals surface area contributed by atoms with Crippen molar-refractivity contribution in [3.63, 3.8) is 0 Å². The van der Waals surface area contributed by atoms with E-state index in [1.807, 2.05) is 0 Å². The molecule has 0 atom stereocenters. The summed E-state index contributed by atoms with van der Waals surface area (Å²) in [7, 11) is 0. The zero-order chi connectivity index (χ0) is 14.8. The van der Waals surface area contributed by atoms with Crippen LogP contribution in [0.4, 0.5) is 0 Å². The minimum Gasteiger partial charge on any atom is -0.349 e. The molecule has 1 aliphatic carbocycles. The van der Waals surface area contributed by atoms with Gasteiger partial charge in [0.25, 0.3) is 5.91 Å². The number of hydrogen-bond donors (Lipinski definition) is 1. The van der Waals surface area contributed by atoms with Crippen LogP contribution in [0.5, 0.6) is 0 Å². The number of nitrogens with one attached hydrogen (secondary N) is 1. The highest BCUT2D eigenvalue weighted by molar-refractivity contribution is 7.14. The fourth-order valence-electron chi connectivity index (χ4n) is 3.35. The number of amides is 1. The van der Waals surface area contributed by atoms with Crippen LogP contribution in [0.25, 0.3) is 0 Å². The van der Waals surface area contributed by atoms with E-state index in [4.69, 9.17) is 0 Å². The zero-order valence-electron chi connectivity index (χ0n) is 13.2. The lowest BCUT2D eigenvalue weighted by molar-refractivity contribution is 0.0937. The molecule has 3 rings (SSSR count). The quantitative estimate of drug-likeness (QED) is 0.858. The van der Waals surface area contributed by atoms with Crippen LogP contribution in [0.2, 0.25) is 0 Å². The molecule has 1 aromatic rings. The maximum Gasteiger partial charge on any atom is 0.261 e. The second kappa shape index (κ2) is 6.49. The summed E-state index contributed by atoms with van der Waals surface area (Å²) in [6.45, 7) is 6.47. The van der Waals surface area contributed by atoms with E-state index in [1.165, 1.54) is 36.1 Å². The summed E-state index contributed by atoms with van der Waals surface area (Å²) in [5.41, 5.74) is 1.36. The van der Waals surface area contributed by atoms with Crippen molar-refractivity contribution < 1.29 is 4.79 Å². The van der Waals surface area contributed by atoms with Crippen molar-refractivity contribution in [3.05, 3.63) is 21.4 Å². The summed E-state index contributed by atoms with van der Waals surface area (Å²) in [6.07, 6.45) is 7.47. The standard InChI is InChI=1S/C17H26N2OS/c1-12(2)19-10-13-9-15(21-16(13)11-19)17(20)18-14-7-5-3-4-6-8-14/h9,12,14H,3-8,10-11H2,1-2H3,(H,18,20). The highest BCUT2D eigenvalue weighted by Crippen LogP contribution is 2.32. The van der Waals surface area contributed by atoms with Crippen LogP contribution in [-0.4, -0.2) is 22.9 Å². The number of nitrogens with zero attached hydrogens (tertiary/aromatic N) is 1. The lowest BCUT2D eigenvalue weighted by Gasteiger charge is -2.19. The van der Waals surface area contributed by atoms with Gasteiger partial charge in [-0.25, -0.2) is 0 Å². The van der Waals surface area contributed by atoms with Gasteiger partial charge in [0.1, 0.15) is 0 Å². The van der Waals surface area contributed by atoms with Gasteiger partial charge >= 0.3 is 0 Å². The third-order valence-corrected chi connectivity index (χ3v) is 5.92. The van der Waals surface area contributed by atoms with Crippen molar-refractivity contribution >= 4 is 17.2 Å². The van der Waals surface area contributed by atoms with Crippen LogP contribution in [0.1, 0.15) is 72.5 Å². The van der Waals surface area contributed by atoms with Gasteiger partial charge < -0.3 is 5.32 Å². The molecule has 4 heteroatoms. The Morgan fingerprint density at radius 2 is 1.95 bits per heavy atom. The summed E-state index contributed by atoms with van der Waals surface area (Å²) in [6, 6.07) is 3.09. The monoisotopic (exact) mass is 306 g/mol. The van der Waals surface area contributed by atoms with Gasteiger partial charge in [0.2, 0.25) is 0 Å². The van der Waals surface area contributed by atoms with Crippen molar-refractivity contribution in [1.29, 1.82) is 0 Å². The number of carbonyl (C=O) groups excluding carboxylic acids is 1. The van der Waals surface area contributed by atoms with Crippen LogP contribution in [0.3, 0.4) is 0 Å². The van der Waals surface area contributed by atoms with Crippen LogP contribution in [-0.2, 0) is 13.1 Å². The topological polar surface area (TPSA) is 32.3 Å². The molecule has 0 bridgehead atoms. The second-order valence-corrected chi connectivity index (χ2v) is 7.86. The lowest BCUT2D eigenvalue weighted by Crippen LogP contribution is -2.34. The summed E-state index contributed by atoms with van der Waals surface area (Å²) in [5.74, 6) is 0.150. The fraction of sp³-hybridized carbons (Fsp3) is 0.706. The van der Waals surface area contributed by atoms with E-state index in [9.17, 15) is 4.79 Å². The summed E-state index contributed by atoms with van der Waals surface area (Å²) in [5, 5.41) is 3.26. The molecular weight excluding hydrogens is 280 g/mol. The minimum absolute atomic E-state index is 0.150. The van der Waals surface area contributed by atoms with Crippen LogP contribution in [0.15, 0.2) is 6.07 Å². The fourth-order valence-corrected chi connectivity index (χ4v) is 4.45. The van der Waals surface area contributed by atoms with Gasteiger partial charge in [-0.05, 0) is 38.3 Å². The Hall–Kier alpha value is -0.870. The Bertz CT molecular complexity index is 477. The van der Waals surface area contributed by atoms with Crippen LogP contribution >= 0.6 is 11.3 Å². The third kappa shape index (κ3) is 3.49. The zero-order valence-corrected chi connectivity index (χ0v) is 14.0. The highest BCUT2D eigenvalue weighted by Gasteiger charge is 2.26. The average molecular weight is 306 g/mol. The molecule has 3 nitrogen and oxygen atoms in total. The van der Waals surface area contributed by atoms with Crippen molar-refractivity contribution in [2.45, 2.75) is 77.5 Å². The molecule has 1 fully saturated rings. The molecule has 21 heavy (non-hydrogen) atoms. The number of thiophene rings is 1. The van der Waals surface area contributed by atoms with E-state index >= 15 is 0 Å². The van der Waals surface area contributed by atoms with Gasteiger partial charge in [-0.2, -0.15) is 0 Å². The predicted octanol–water partition coefficient (Wildman–Crippen LogP) is 3.92. The molecule has 0 unspecified atom stereocenters. The van der Waals surface area contributed by atoms with E-state index < -0.39 is 0 Å². The van der Waals surface area contributed by atoms with Gasteiger partial charge in [-0.15, -0.1) is 11.3 Å². The Kier molecular flexibility index (Phi) is 4.65. The molecule has 0 spiro atoms. The first-order valence-corrected chi connectivity index (χ1v) is 9.11. The smallest absolute Gasteiger partial charge is 0.261 e. The van der Waals surface area contributed by atoms with Crippen molar-refractivity contribution in [2.75, 3.05) is 0 Å². The molecule has 116 valence electrons. The highest BCUT2D eigenvalue weighted by atomic mass is 32.1. The number of rotatable bonds is 3. The Labute approximate surface area is 131 Å². The van der Waals surface area contributed by atoms with Gasteiger partial charge in [-0.1, -0.05) is 25.7 Å². The molecule has 1 amide bonds. The number of carbonyl (C=O) groups is 1. The normalized spacial score (nSPS) is 20.5. The van der Waals surface area contributed by atoms with E-state index in [-0.39, 0.29) is 5.91 Å². The van der Waals surface area contributed by atoms with E-state index in [1.54, 1.807) is 11.3 Å². The molecule has 2 heterocycles. The molecule has 1 aromatic heterocycles. The molecule has 1 aliphatic heterocycles. The summed E-state index contributed by atoms with van der Waals surface area (Å²) in [4.78, 5) is 17.2. The maximum atomic E-state index is 12.4. The van der Waals surface area contributed by atoms with Crippen molar-refractivity contribution in [1.82, 2.24) is 10.2 Å². The molecule has 0 saturated heterocycles. The maximum absolute atomic E-state index is 12.4. The minimum atomic E-state index is 0.150. The summed E-state index contributed by atoms with van der Waals surface area (Å²) >= 11 is 1.69. The van der Waals surface area contributed by atoms with E-state index in [0.717, 1.165) is 30.8 Å². The van der Waals surface area contributed by atoms with Gasteiger partial charge in [0.15, 0.2) is 0 Å². The molecule has 1 saturated carbocycles. The molecule has 0 aromatic carbocycles. The Morgan fingerprint density at radius 3 is 2.57 bits per heavy atom. The van der Waals surface area contributed by atoms with E-state index in [2.05, 4.69) is 30.1 Å². The van der Waals surface area contributed by atoms with Gasteiger partial charge in [0.05, 0.1) is 4.88 Å². The van der Waals surface area contributed by atoms with Crippen molar-refractivity contribution in [2.24, 2.45) is 0 Å². The predicted molar refractivity (Wildman–Crippen MR) is 87.7 cm³/mol. The second-order valence-electron chi connectivity index (χ2n) is 6.72. The molecule has 2 aliphatic rings. The largest absolute Gasteiger partial charge is 0.349 e. The Balaban J connectivity index is 1.60. The number of hydrogen-bond acceptors (Lipinski definition) is 3. The van der Waals surface area contributed by atoms with Gasteiger partial charge in [0, 0.05) is 30.1 Å². The average Bonchev–Trinajstić information content (AvgIpc) is 2.91. The molecule has 1 N–H and O–H groups in total. The molecular formula is C17H26N2OS. The number of fused-ring (bicyclic) bond motifs is 1. The van der Waals surface area contributed by atoms with E-state index in [0.29, 0.717) is 12.1 Å². The van der Waals surface area contributed by atoms with Crippen LogP contribution in [0, 0.1) is 0 Å². The first-order valence-electron chi connectivity index (χ1n) is 8.30. The summed E-state index contributed by atoms with van der Waals surface area (Å²) < 4.78 is 0. The van der Waals surface area contributed by atoms with Gasteiger partial charge in [-0.3, -0.25) is 9.69 Å². The first kappa shape index (κ1) is 15.0. The first-order chi connectivity index (χ1) is 10.1. The Morgan fingerprint density at radius 1 is 1.24 bits per heavy atom. The SMILES string of the molecule is CC(C)N1Cc2cc(C(=O)NC3CCCCCC3)sc2C1. The van der Waals surface area contributed by atoms with Crippen LogP contribution < -0.4 is 5.32 Å². The molecule has 0 radical (unpaired) electrons. The third-order valence-electron chi connectivity index (χ3n) is 4.76. The lowest BCUT2D eigenvalue weighted by atomic mass is 10.1.